The first-order valence-corrected chi connectivity index (χ1v) is 11.9. The number of non-ortho nitro benzene ring substituents is 1. The average Bonchev–Trinajstić information content (AvgIpc) is 2.78. The average molecular weight is 488 g/mol. The summed E-state index contributed by atoms with van der Waals surface area (Å²) in [7, 11) is -3.71. The number of amides is 1. The molecule has 0 aliphatic rings. The predicted molar refractivity (Wildman–Crippen MR) is 126 cm³/mol. The van der Waals surface area contributed by atoms with Crippen molar-refractivity contribution >= 4 is 33.0 Å². The van der Waals surface area contributed by atoms with Gasteiger partial charge >= 0.3 is 0 Å². The zero-order valence-corrected chi connectivity index (χ0v) is 19.2. The monoisotopic (exact) mass is 487 g/mol. The van der Waals surface area contributed by atoms with E-state index in [-0.39, 0.29) is 24.4 Å². The van der Waals surface area contributed by atoms with Crippen LogP contribution in [-0.2, 0) is 21.4 Å². The number of ether oxygens (including phenoxy) is 1. The fourth-order valence-corrected chi connectivity index (χ4v) is 3.96. The Balaban J connectivity index is 1.67. The van der Waals surface area contributed by atoms with Crippen LogP contribution in [0.4, 0.5) is 21.5 Å². The number of hydrogen-bond acceptors (Lipinski definition) is 6. The van der Waals surface area contributed by atoms with E-state index >= 15 is 0 Å². The van der Waals surface area contributed by atoms with E-state index in [0.29, 0.717) is 22.7 Å². The van der Waals surface area contributed by atoms with Crippen molar-refractivity contribution in [3.63, 3.8) is 0 Å². The van der Waals surface area contributed by atoms with E-state index in [2.05, 4.69) is 5.32 Å². The molecule has 11 heteroatoms. The van der Waals surface area contributed by atoms with Gasteiger partial charge in [0.1, 0.15) is 11.6 Å². The minimum Gasteiger partial charge on any atom is -0.484 e. The van der Waals surface area contributed by atoms with Crippen molar-refractivity contribution in [2.75, 3.05) is 22.5 Å². The molecule has 9 nitrogen and oxygen atoms in total. The summed E-state index contributed by atoms with van der Waals surface area (Å²) >= 11 is 0. The van der Waals surface area contributed by atoms with Crippen molar-refractivity contribution in [2.24, 2.45) is 0 Å². The maximum Gasteiger partial charge on any atom is 0.271 e. The summed E-state index contributed by atoms with van der Waals surface area (Å²) in [6.07, 6.45) is 1.03. The Labute approximate surface area is 196 Å². The lowest BCUT2D eigenvalue weighted by Crippen LogP contribution is -2.29. The van der Waals surface area contributed by atoms with Crippen molar-refractivity contribution in [2.45, 2.75) is 13.5 Å². The maximum atomic E-state index is 14.0. The van der Waals surface area contributed by atoms with Gasteiger partial charge in [0.05, 0.1) is 29.1 Å². The number of nitro benzene ring substituents is 1. The first-order chi connectivity index (χ1) is 16.0. The van der Waals surface area contributed by atoms with Crippen molar-refractivity contribution in [3.8, 4) is 5.75 Å². The van der Waals surface area contributed by atoms with Gasteiger partial charge in [0.15, 0.2) is 6.61 Å². The number of nitro groups is 1. The van der Waals surface area contributed by atoms with Crippen LogP contribution in [0.3, 0.4) is 0 Å². The van der Waals surface area contributed by atoms with E-state index in [1.807, 2.05) is 0 Å². The molecule has 0 saturated heterocycles. The van der Waals surface area contributed by atoms with Gasteiger partial charge in [-0.2, -0.15) is 0 Å². The predicted octanol–water partition coefficient (Wildman–Crippen LogP) is 4.03. The van der Waals surface area contributed by atoms with E-state index in [0.717, 1.165) is 10.6 Å². The molecule has 0 unspecified atom stereocenters. The summed E-state index contributed by atoms with van der Waals surface area (Å²) in [5.41, 5.74) is 1.33. The molecule has 0 atom stereocenters. The summed E-state index contributed by atoms with van der Waals surface area (Å²) < 4.78 is 45.1. The summed E-state index contributed by atoms with van der Waals surface area (Å²) in [6, 6.07) is 16.0. The third-order valence-corrected chi connectivity index (χ3v) is 6.01. The molecule has 1 N–H and O–H groups in total. The maximum absolute atomic E-state index is 14.0. The van der Waals surface area contributed by atoms with Gasteiger partial charge in [0.2, 0.25) is 10.0 Å². The smallest absolute Gasteiger partial charge is 0.271 e. The zero-order chi connectivity index (χ0) is 24.9. The molecule has 0 saturated carbocycles. The Morgan fingerprint density at radius 1 is 1.12 bits per heavy atom. The number of sulfonamides is 1. The number of carbonyl (C=O) groups is 1. The van der Waals surface area contributed by atoms with Crippen molar-refractivity contribution in [1.82, 2.24) is 0 Å². The highest BCUT2D eigenvalue weighted by atomic mass is 32.2. The Hall–Kier alpha value is -3.99. The molecule has 178 valence electrons. The number of nitrogens with zero attached hydrogens (tertiary/aromatic N) is 2. The molecule has 0 radical (unpaired) electrons. The molecule has 0 aliphatic heterocycles. The van der Waals surface area contributed by atoms with E-state index < -0.39 is 26.7 Å². The molecule has 0 aromatic heterocycles. The lowest BCUT2D eigenvalue weighted by atomic mass is 10.2. The standard InChI is InChI=1S/C23H22FN3O6S/c1-16-7-8-19(27(29)30)13-22(16)25-23(28)15-33-20-11-9-18(10-12-20)26(34(2,31)32)14-17-5-3-4-6-21(17)24/h3-13H,14-15H2,1-2H3,(H,25,28). The number of aryl methyl sites for hydroxylation is 1. The summed E-state index contributed by atoms with van der Waals surface area (Å²) in [4.78, 5) is 22.6. The normalized spacial score (nSPS) is 11.0. The van der Waals surface area contributed by atoms with Crippen LogP contribution >= 0.6 is 0 Å². The Bertz CT molecular complexity index is 1310. The van der Waals surface area contributed by atoms with Gasteiger partial charge < -0.3 is 10.1 Å². The molecule has 3 aromatic carbocycles. The Morgan fingerprint density at radius 3 is 2.41 bits per heavy atom. The number of nitrogens with one attached hydrogen (secondary N) is 1. The third-order valence-electron chi connectivity index (χ3n) is 4.87. The van der Waals surface area contributed by atoms with Crippen LogP contribution in [0.15, 0.2) is 66.7 Å². The first-order valence-electron chi connectivity index (χ1n) is 10.0. The number of carbonyl (C=O) groups excluding carboxylic acids is 1. The number of hydrogen-bond donors (Lipinski definition) is 1. The van der Waals surface area contributed by atoms with Gasteiger partial charge in [-0.3, -0.25) is 19.2 Å². The molecule has 0 spiro atoms. The number of anilines is 2. The molecule has 3 rings (SSSR count). The van der Waals surface area contributed by atoms with Crippen LogP contribution in [0.1, 0.15) is 11.1 Å². The molecule has 34 heavy (non-hydrogen) atoms. The lowest BCUT2D eigenvalue weighted by Gasteiger charge is -2.23. The quantitative estimate of drug-likeness (QED) is 0.360. The van der Waals surface area contributed by atoms with Gasteiger partial charge in [-0.15, -0.1) is 0 Å². The van der Waals surface area contributed by atoms with Gasteiger partial charge in [-0.1, -0.05) is 24.3 Å². The van der Waals surface area contributed by atoms with Gasteiger partial charge in [-0.05, 0) is 42.8 Å². The fraction of sp³-hybridized carbons (Fsp3) is 0.174. The van der Waals surface area contributed by atoms with Crippen molar-refractivity contribution in [3.05, 3.63) is 93.8 Å². The summed E-state index contributed by atoms with van der Waals surface area (Å²) in [6.45, 7) is 1.15. The number of benzene rings is 3. The molecule has 3 aromatic rings. The van der Waals surface area contributed by atoms with Crippen LogP contribution in [0.25, 0.3) is 0 Å². The molecule has 0 aliphatic carbocycles. The Kier molecular flexibility index (Phi) is 7.47. The van der Waals surface area contributed by atoms with Crippen LogP contribution in [0.5, 0.6) is 5.75 Å². The highest BCUT2D eigenvalue weighted by Gasteiger charge is 2.19. The zero-order valence-electron chi connectivity index (χ0n) is 18.4. The van der Waals surface area contributed by atoms with Gasteiger partial charge in [-0.25, -0.2) is 12.8 Å². The second-order valence-corrected chi connectivity index (χ2v) is 9.35. The molecule has 0 heterocycles. The van der Waals surface area contributed by atoms with Crippen molar-refractivity contribution < 1.29 is 27.3 Å². The topological polar surface area (TPSA) is 119 Å². The Morgan fingerprint density at radius 2 is 1.79 bits per heavy atom. The summed E-state index contributed by atoms with van der Waals surface area (Å²) in [5, 5.41) is 13.5. The molecule has 0 fully saturated rings. The number of rotatable bonds is 9. The minimum absolute atomic E-state index is 0.150. The highest BCUT2D eigenvalue weighted by molar-refractivity contribution is 7.92. The van der Waals surface area contributed by atoms with Gasteiger partial charge in [0.25, 0.3) is 11.6 Å². The van der Waals surface area contributed by atoms with Crippen LogP contribution in [-0.4, -0.2) is 32.1 Å². The van der Waals surface area contributed by atoms with E-state index in [1.165, 1.54) is 60.7 Å². The summed E-state index contributed by atoms with van der Waals surface area (Å²) in [5.74, 6) is -0.736. The first kappa shape index (κ1) is 24.6. The van der Waals surface area contributed by atoms with E-state index in [1.54, 1.807) is 13.0 Å². The van der Waals surface area contributed by atoms with Gasteiger partial charge in [0, 0.05) is 17.7 Å². The third kappa shape index (κ3) is 6.29. The van der Waals surface area contributed by atoms with Crippen LogP contribution in [0.2, 0.25) is 0 Å². The molecular weight excluding hydrogens is 465 g/mol. The molecule has 0 bridgehead atoms. The minimum atomic E-state index is -3.71. The fourth-order valence-electron chi connectivity index (χ4n) is 3.08. The lowest BCUT2D eigenvalue weighted by molar-refractivity contribution is -0.384. The van der Waals surface area contributed by atoms with Crippen LogP contribution in [0, 0.1) is 22.9 Å². The highest BCUT2D eigenvalue weighted by Crippen LogP contribution is 2.25. The second-order valence-electron chi connectivity index (χ2n) is 7.45. The SMILES string of the molecule is Cc1ccc([N+](=O)[O-])cc1NC(=O)COc1ccc(N(Cc2ccccc2F)S(C)(=O)=O)cc1. The van der Waals surface area contributed by atoms with Crippen molar-refractivity contribution in [1.29, 1.82) is 0 Å². The molecular formula is C23H22FN3O6S. The van der Waals surface area contributed by atoms with E-state index in [9.17, 15) is 27.7 Å². The van der Waals surface area contributed by atoms with Crippen LogP contribution < -0.4 is 14.4 Å². The van der Waals surface area contributed by atoms with E-state index in [4.69, 9.17) is 4.74 Å². The molecule has 1 amide bonds. The number of halogens is 1. The second kappa shape index (κ2) is 10.3. The largest absolute Gasteiger partial charge is 0.484 e.